The molecule has 0 bridgehead atoms. The van der Waals surface area contributed by atoms with Crippen LogP contribution in [0.15, 0.2) is 0 Å². The Morgan fingerprint density at radius 3 is 2.58 bits per heavy atom. The number of rotatable bonds is 2. The van der Waals surface area contributed by atoms with E-state index in [1.807, 2.05) is 0 Å². The lowest BCUT2D eigenvalue weighted by Gasteiger charge is -2.36. The Hall–Kier alpha value is -1.26. The number of amides is 2. The minimum atomic E-state index is -0.880. The summed E-state index contributed by atoms with van der Waals surface area (Å²) in [7, 11) is 0. The maximum atomic E-state index is 10.5. The molecular formula is C7H12N2O3. The first-order valence-corrected chi connectivity index (χ1v) is 3.82. The molecule has 0 aromatic carbocycles. The lowest BCUT2D eigenvalue weighted by atomic mass is 10.0. The predicted octanol–water partition coefficient (Wildman–Crippen LogP) is -0.268. The van der Waals surface area contributed by atoms with Crippen LogP contribution in [0.5, 0.6) is 0 Å². The van der Waals surface area contributed by atoms with Crippen LogP contribution in [-0.4, -0.2) is 41.6 Å². The molecular weight excluding hydrogens is 160 g/mol. The Morgan fingerprint density at radius 2 is 2.17 bits per heavy atom. The Balaban J connectivity index is 2.10. The highest BCUT2D eigenvalue weighted by Gasteiger charge is 2.29. The number of nitrogens with one attached hydrogen (secondary N) is 1. The van der Waals surface area contributed by atoms with Crippen molar-refractivity contribution in [3.05, 3.63) is 0 Å². The molecule has 2 N–H and O–H groups in total. The van der Waals surface area contributed by atoms with Crippen LogP contribution in [0.4, 0.5) is 4.79 Å². The summed E-state index contributed by atoms with van der Waals surface area (Å²) in [6.07, 6.45) is -0.880. The second-order valence-electron chi connectivity index (χ2n) is 2.99. The minimum absolute atomic E-state index is 0.0659. The van der Waals surface area contributed by atoms with Gasteiger partial charge < -0.3 is 15.3 Å². The number of carbonyl (C=O) groups excluding carboxylic acids is 1. The van der Waals surface area contributed by atoms with Gasteiger partial charge in [-0.15, -0.1) is 0 Å². The Labute approximate surface area is 70.4 Å². The van der Waals surface area contributed by atoms with E-state index in [0.29, 0.717) is 25.6 Å². The van der Waals surface area contributed by atoms with Crippen LogP contribution in [0.1, 0.15) is 6.92 Å². The first kappa shape index (κ1) is 8.83. The molecule has 0 radical (unpaired) electrons. The van der Waals surface area contributed by atoms with E-state index in [-0.39, 0.29) is 5.91 Å². The van der Waals surface area contributed by atoms with E-state index in [1.165, 1.54) is 11.8 Å². The van der Waals surface area contributed by atoms with Gasteiger partial charge in [-0.3, -0.25) is 4.79 Å². The number of hydrogen-bond acceptors (Lipinski definition) is 2. The molecule has 1 aliphatic rings. The fraction of sp³-hybridized carbons (Fsp3) is 0.714. The van der Waals surface area contributed by atoms with Crippen molar-refractivity contribution >= 4 is 12.0 Å². The lowest BCUT2D eigenvalue weighted by Crippen LogP contribution is -2.53. The molecule has 12 heavy (non-hydrogen) atoms. The predicted molar refractivity (Wildman–Crippen MR) is 41.8 cm³/mol. The molecule has 0 aromatic rings. The third-order valence-corrected chi connectivity index (χ3v) is 1.87. The average Bonchev–Trinajstić information content (AvgIpc) is 1.82. The van der Waals surface area contributed by atoms with E-state index < -0.39 is 6.09 Å². The molecule has 0 saturated carbocycles. The third kappa shape index (κ3) is 2.11. The van der Waals surface area contributed by atoms with Gasteiger partial charge in [0.1, 0.15) is 0 Å². The molecule has 0 unspecified atom stereocenters. The molecule has 1 heterocycles. The van der Waals surface area contributed by atoms with Crippen molar-refractivity contribution in [2.45, 2.75) is 6.92 Å². The highest BCUT2D eigenvalue weighted by atomic mass is 16.4. The van der Waals surface area contributed by atoms with E-state index in [2.05, 4.69) is 5.32 Å². The van der Waals surface area contributed by atoms with Gasteiger partial charge in [-0.2, -0.15) is 0 Å². The van der Waals surface area contributed by atoms with Crippen molar-refractivity contribution in [1.82, 2.24) is 10.2 Å². The number of carbonyl (C=O) groups is 2. The molecule has 1 aliphatic heterocycles. The number of likely N-dealkylation sites (tertiary alicyclic amines) is 1. The maximum absolute atomic E-state index is 10.5. The van der Waals surface area contributed by atoms with Gasteiger partial charge in [-0.05, 0) is 0 Å². The Kier molecular flexibility index (Phi) is 2.52. The maximum Gasteiger partial charge on any atom is 0.407 e. The topological polar surface area (TPSA) is 69.6 Å². The van der Waals surface area contributed by atoms with Crippen molar-refractivity contribution in [3.8, 4) is 0 Å². The fourth-order valence-electron chi connectivity index (χ4n) is 1.14. The third-order valence-electron chi connectivity index (χ3n) is 1.87. The summed E-state index contributed by atoms with van der Waals surface area (Å²) >= 11 is 0. The highest BCUT2D eigenvalue weighted by Crippen LogP contribution is 2.13. The molecule has 5 heteroatoms. The minimum Gasteiger partial charge on any atom is -0.465 e. The summed E-state index contributed by atoms with van der Waals surface area (Å²) in [4.78, 5) is 22.1. The van der Waals surface area contributed by atoms with E-state index in [9.17, 15) is 9.59 Å². The summed E-state index contributed by atoms with van der Waals surface area (Å²) in [5.74, 6) is 0.230. The van der Waals surface area contributed by atoms with Gasteiger partial charge in [0.25, 0.3) is 0 Å². The smallest absolute Gasteiger partial charge is 0.407 e. The van der Waals surface area contributed by atoms with Crippen molar-refractivity contribution < 1.29 is 14.7 Å². The summed E-state index contributed by atoms with van der Waals surface area (Å²) < 4.78 is 0. The van der Waals surface area contributed by atoms with Crippen LogP contribution in [0.3, 0.4) is 0 Å². The first-order chi connectivity index (χ1) is 5.59. The zero-order chi connectivity index (χ0) is 9.14. The van der Waals surface area contributed by atoms with E-state index >= 15 is 0 Å². The van der Waals surface area contributed by atoms with E-state index in [4.69, 9.17) is 5.11 Å². The average molecular weight is 172 g/mol. The van der Waals surface area contributed by atoms with E-state index in [1.54, 1.807) is 0 Å². The van der Waals surface area contributed by atoms with Gasteiger partial charge in [-0.25, -0.2) is 4.79 Å². The molecule has 1 saturated heterocycles. The Morgan fingerprint density at radius 1 is 1.58 bits per heavy atom. The summed E-state index contributed by atoms with van der Waals surface area (Å²) in [6.45, 7) is 3.11. The van der Waals surface area contributed by atoms with Crippen LogP contribution in [-0.2, 0) is 4.79 Å². The quantitative estimate of drug-likeness (QED) is 0.602. The standard InChI is InChI=1S/C7H12N2O3/c1-5(10)8-2-6-3-9(4-6)7(11)12/h6H,2-4H2,1H3,(H,8,10)(H,11,12). The van der Waals surface area contributed by atoms with Crippen molar-refractivity contribution in [2.24, 2.45) is 5.92 Å². The second kappa shape index (κ2) is 3.42. The van der Waals surface area contributed by atoms with Crippen LogP contribution in [0.25, 0.3) is 0 Å². The Bertz CT molecular complexity index is 196. The lowest BCUT2D eigenvalue weighted by molar-refractivity contribution is -0.119. The molecule has 1 fully saturated rings. The van der Waals surface area contributed by atoms with Gasteiger partial charge in [-0.1, -0.05) is 0 Å². The second-order valence-corrected chi connectivity index (χ2v) is 2.99. The van der Waals surface area contributed by atoms with Crippen molar-refractivity contribution in [2.75, 3.05) is 19.6 Å². The highest BCUT2D eigenvalue weighted by molar-refractivity contribution is 5.72. The first-order valence-electron chi connectivity index (χ1n) is 3.82. The number of nitrogens with zero attached hydrogens (tertiary/aromatic N) is 1. The largest absolute Gasteiger partial charge is 0.465 e. The molecule has 1 rings (SSSR count). The van der Waals surface area contributed by atoms with Crippen LogP contribution in [0.2, 0.25) is 0 Å². The summed E-state index contributed by atoms with van der Waals surface area (Å²) in [6, 6.07) is 0. The van der Waals surface area contributed by atoms with Gasteiger partial charge in [0.2, 0.25) is 5.91 Å². The fourth-order valence-corrected chi connectivity index (χ4v) is 1.14. The molecule has 0 spiro atoms. The van der Waals surface area contributed by atoms with E-state index in [0.717, 1.165) is 0 Å². The SMILES string of the molecule is CC(=O)NCC1CN(C(=O)O)C1. The molecule has 0 aliphatic carbocycles. The normalized spacial score (nSPS) is 16.9. The van der Waals surface area contributed by atoms with Crippen molar-refractivity contribution in [3.63, 3.8) is 0 Å². The zero-order valence-corrected chi connectivity index (χ0v) is 6.91. The summed E-state index contributed by atoms with van der Waals surface area (Å²) in [5, 5.41) is 11.1. The van der Waals surface area contributed by atoms with Gasteiger partial charge in [0, 0.05) is 32.5 Å². The van der Waals surface area contributed by atoms with Crippen LogP contribution < -0.4 is 5.32 Å². The zero-order valence-electron chi connectivity index (χ0n) is 6.91. The molecule has 0 aromatic heterocycles. The summed E-state index contributed by atoms with van der Waals surface area (Å²) in [5.41, 5.74) is 0. The molecule has 0 atom stereocenters. The molecule has 68 valence electrons. The van der Waals surface area contributed by atoms with Crippen LogP contribution >= 0.6 is 0 Å². The number of hydrogen-bond donors (Lipinski definition) is 2. The molecule has 5 nitrogen and oxygen atoms in total. The van der Waals surface area contributed by atoms with Crippen LogP contribution in [0, 0.1) is 5.92 Å². The van der Waals surface area contributed by atoms with Gasteiger partial charge in [0.05, 0.1) is 0 Å². The monoisotopic (exact) mass is 172 g/mol. The van der Waals surface area contributed by atoms with Gasteiger partial charge in [0.15, 0.2) is 0 Å². The number of carboxylic acid groups (broad SMARTS) is 1. The van der Waals surface area contributed by atoms with Gasteiger partial charge >= 0.3 is 6.09 Å². The molecule has 2 amide bonds. The van der Waals surface area contributed by atoms with Crippen molar-refractivity contribution in [1.29, 1.82) is 0 Å².